The number of rotatable bonds is 10. The number of fused-ring (bicyclic) bond motifs is 1. The molecule has 1 N–H and O–H groups in total. The average Bonchev–Trinajstić information content (AvgIpc) is 3.05. The lowest BCUT2D eigenvalue weighted by molar-refractivity contribution is -0.155. The van der Waals surface area contributed by atoms with Gasteiger partial charge in [-0.05, 0) is 94.0 Å². The number of carbonyl (C=O) groups is 2. The maximum atomic E-state index is 13.3. The normalized spacial score (nSPS) is 12.5. The van der Waals surface area contributed by atoms with Gasteiger partial charge in [-0.3, -0.25) is 9.59 Å². The highest BCUT2D eigenvalue weighted by molar-refractivity contribution is 5.97. The summed E-state index contributed by atoms with van der Waals surface area (Å²) in [5.74, 6) is -0.573. The number of ether oxygens (including phenoxy) is 1. The zero-order valence-electron chi connectivity index (χ0n) is 27.4. The Hall–Kier alpha value is -5.05. The molecule has 0 saturated heterocycles. The van der Waals surface area contributed by atoms with Gasteiger partial charge in [-0.15, -0.1) is 0 Å². The number of nitrogens with zero attached hydrogens (tertiary/aromatic N) is 2. The van der Waals surface area contributed by atoms with Crippen LogP contribution in [0.2, 0.25) is 0 Å². The molecule has 1 heterocycles. The van der Waals surface area contributed by atoms with Crippen molar-refractivity contribution in [2.75, 3.05) is 0 Å². The first kappa shape index (κ1) is 34.3. The van der Waals surface area contributed by atoms with Crippen molar-refractivity contribution in [3.63, 3.8) is 0 Å². The summed E-state index contributed by atoms with van der Waals surface area (Å²) < 4.78 is 45.1. The fraction of sp³-hybridized carbons (Fsp3) is 0.282. The van der Waals surface area contributed by atoms with E-state index in [1.807, 2.05) is 82.3 Å². The number of hydrogen-bond acceptors (Lipinski definition) is 5. The van der Waals surface area contributed by atoms with E-state index in [2.05, 4.69) is 5.32 Å². The van der Waals surface area contributed by atoms with Crippen molar-refractivity contribution in [3.05, 3.63) is 119 Å². The first-order valence-electron chi connectivity index (χ1n) is 15.9. The van der Waals surface area contributed by atoms with E-state index < -0.39 is 17.3 Å². The second-order valence-electron chi connectivity index (χ2n) is 12.8. The molecule has 1 aromatic heterocycles. The molecule has 4 aromatic carbocycles. The molecule has 0 aliphatic carbocycles. The number of alkyl halides is 3. The quantitative estimate of drug-likeness (QED) is 0.120. The highest BCUT2D eigenvalue weighted by atomic mass is 19.4. The van der Waals surface area contributed by atoms with Crippen molar-refractivity contribution in [3.8, 4) is 22.4 Å². The summed E-state index contributed by atoms with van der Waals surface area (Å²) in [7, 11) is 0. The average molecular weight is 654 g/mol. The maximum Gasteiger partial charge on any atom is 0.416 e. The molecule has 248 valence electrons. The van der Waals surface area contributed by atoms with Crippen LogP contribution in [0.4, 0.5) is 13.2 Å². The smallest absolute Gasteiger partial charge is 0.416 e. The Labute approximate surface area is 278 Å². The molecule has 0 radical (unpaired) electrons. The van der Waals surface area contributed by atoms with Crippen LogP contribution >= 0.6 is 0 Å². The first-order valence-corrected chi connectivity index (χ1v) is 15.9. The van der Waals surface area contributed by atoms with Gasteiger partial charge in [-0.1, -0.05) is 66.7 Å². The van der Waals surface area contributed by atoms with E-state index in [1.54, 1.807) is 18.2 Å². The Morgan fingerprint density at radius 3 is 2.06 bits per heavy atom. The number of unbranched alkanes of at least 4 members (excludes halogenated alkanes) is 1. The third-order valence-electron chi connectivity index (χ3n) is 7.81. The highest BCUT2D eigenvalue weighted by Gasteiger charge is 2.30. The van der Waals surface area contributed by atoms with Gasteiger partial charge < -0.3 is 10.1 Å². The molecule has 0 spiro atoms. The van der Waals surface area contributed by atoms with Gasteiger partial charge in [0.1, 0.15) is 5.60 Å². The maximum absolute atomic E-state index is 13.3. The van der Waals surface area contributed by atoms with Crippen molar-refractivity contribution in [2.45, 2.75) is 71.2 Å². The number of halogens is 3. The van der Waals surface area contributed by atoms with E-state index in [-0.39, 0.29) is 24.3 Å². The third kappa shape index (κ3) is 8.85. The second-order valence-corrected chi connectivity index (χ2v) is 12.8. The van der Waals surface area contributed by atoms with E-state index in [0.717, 1.165) is 28.8 Å². The SMILES string of the molecule is CC(NC(=O)c1ccc2nc(-c3ccc(C(F)(F)F)cc3)c(CCCCC(=O)OC(C)(C)C)nc2c1)c1ccc(-c2ccccc2)cc1. The van der Waals surface area contributed by atoms with Crippen LogP contribution in [0.1, 0.15) is 80.2 Å². The molecule has 0 aliphatic heterocycles. The van der Waals surface area contributed by atoms with Gasteiger partial charge in [0.25, 0.3) is 5.91 Å². The minimum absolute atomic E-state index is 0.228. The van der Waals surface area contributed by atoms with E-state index in [1.165, 1.54) is 12.1 Å². The number of amides is 1. The summed E-state index contributed by atoms with van der Waals surface area (Å²) in [5.41, 5.74) is 4.73. The fourth-order valence-corrected chi connectivity index (χ4v) is 5.37. The topological polar surface area (TPSA) is 81.2 Å². The van der Waals surface area contributed by atoms with Crippen molar-refractivity contribution < 1.29 is 27.5 Å². The molecule has 1 unspecified atom stereocenters. The number of esters is 1. The summed E-state index contributed by atoms with van der Waals surface area (Å²) in [6, 6.07) is 27.7. The predicted molar refractivity (Wildman–Crippen MR) is 181 cm³/mol. The van der Waals surface area contributed by atoms with Gasteiger partial charge in [0.2, 0.25) is 0 Å². The van der Waals surface area contributed by atoms with Gasteiger partial charge in [0.05, 0.1) is 34.0 Å². The Kier molecular flexibility index (Phi) is 10.3. The summed E-state index contributed by atoms with van der Waals surface area (Å²) in [6.07, 6.45) is -2.69. The fourth-order valence-electron chi connectivity index (χ4n) is 5.37. The molecule has 1 atom stereocenters. The number of hydrogen-bond donors (Lipinski definition) is 1. The van der Waals surface area contributed by atoms with Crippen molar-refractivity contribution in [1.82, 2.24) is 15.3 Å². The molecule has 9 heteroatoms. The Bertz CT molecular complexity index is 1880. The van der Waals surface area contributed by atoms with Gasteiger partial charge in [-0.2, -0.15) is 13.2 Å². The standard InChI is InChI=1S/C39H38F3N3O3/c1-25(26-14-16-28(17-15-26)27-10-6-5-7-11-27)43-37(47)30-20-23-32-34(24-30)44-33(12-8-9-13-35(46)48-38(2,3)4)36(45-32)29-18-21-31(22-19-29)39(40,41)42/h5-7,10-11,14-25H,8-9,12-13H2,1-4H3,(H,43,47). The van der Waals surface area contributed by atoms with E-state index in [4.69, 9.17) is 14.7 Å². The summed E-state index contributed by atoms with van der Waals surface area (Å²) in [4.78, 5) is 35.1. The molecule has 0 fully saturated rings. The molecular formula is C39H38F3N3O3. The van der Waals surface area contributed by atoms with Crippen LogP contribution in [0.25, 0.3) is 33.4 Å². The predicted octanol–water partition coefficient (Wildman–Crippen LogP) is 9.53. The van der Waals surface area contributed by atoms with Crippen molar-refractivity contribution in [1.29, 1.82) is 0 Å². The number of nitrogens with one attached hydrogen (secondary N) is 1. The largest absolute Gasteiger partial charge is 0.460 e. The summed E-state index contributed by atoms with van der Waals surface area (Å²) >= 11 is 0. The second kappa shape index (κ2) is 14.4. The Morgan fingerprint density at radius 2 is 1.42 bits per heavy atom. The lowest BCUT2D eigenvalue weighted by atomic mass is 10.0. The summed E-state index contributed by atoms with van der Waals surface area (Å²) in [6.45, 7) is 7.35. The molecule has 6 nitrogen and oxygen atoms in total. The minimum atomic E-state index is -4.46. The monoisotopic (exact) mass is 653 g/mol. The van der Waals surface area contributed by atoms with Gasteiger partial charge in [0, 0.05) is 17.5 Å². The number of aromatic nitrogens is 2. The minimum Gasteiger partial charge on any atom is -0.460 e. The highest BCUT2D eigenvalue weighted by Crippen LogP contribution is 2.32. The summed E-state index contributed by atoms with van der Waals surface area (Å²) in [5, 5.41) is 3.05. The van der Waals surface area contributed by atoms with Crippen LogP contribution in [-0.2, 0) is 22.1 Å². The lowest BCUT2D eigenvalue weighted by Gasteiger charge is -2.19. The Morgan fingerprint density at radius 1 is 0.771 bits per heavy atom. The Balaban J connectivity index is 1.36. The van der Waals surface area contributed by atoms with E-state index in [0.29, 0.717) is 52.8 Å². The number of benzene rings is 4. The number of carbonyl (C=O) groups excluding carboxylic acids is 2. The third-order valence-corrected chi connectivity index (χ3v) is 7.81. The van der Waals surface area contributed by atoms with Crippen molar-refractivity contribution >= 4 is 22.9 Å². The van der Waals surface area contributed by atoms with Gasteiger partial charge in [0.15, 0.2) is 0 Å². The molecule has 0 aliphatic rings. The zero-order valence-corrected chi connectivity index (χ0v) is 27.4. The molecule has 5 rings (SSSR count). The number of aryl methyl sites for hydroxylation is 1. The molecular weight excluding hydrogens is 615 g/mol. The van der Waals surface area contributed by atoms with Crippen LogP contribution in [0.5, 0.6) is 0 Å². The molecule has 5 aromatic rings. The van der Waals surface area contributed by atoms with Gasteiger partial charge in [-0.25, -0.2) is 9.97 Å². The van der Waals surface area contributed by atoms with Crippen molar-refractivity contribution in [2.24, 2.45) is 0 Å². The van der Waals surface area contributed by atoms with Gasteiger partial charge >= 0.3 is 12.1 Å². The zero-order chi connectivity index (χ0) is 34.5. The molecule has 48 heavy (non-hydrogen) atoms. The van der Waals surface area contributed by atoms with E-state index >= 15 is 0 Å². The van der Waals surface area contributed by atoms with Crippen LogP contribution in [0.3, 0.4) is 0 Å². The van der Waals surface area contributed by atoms with Crippen LogP contribution in [0.15, 0.2) is 97.1 Å². The van der Waals surface area contributed by atoms with E-state index in [9.17, 15) is 22.8 Å². The van der Waals surface area contributed by atoms with Crippen LogP contribution in [0, 0.1) is 0 Å². The lowest BCUT2D eigenvalue weighted by Crippen LogP contribution is -2.26. The van der Waals surface area contributed by atoms with Crippen LogP contribution in [-0.4, -0.2) is 27.4 Å². The molecule has 0 saturated carbocycles. The first-order chi connectivity index (χ1) is 22.8. The molecule has 1 amide bonds. The van der Waals surface area contributed by atoms with Crippen LogP contribution < -0.4 is 5.32 Å². The molecule has 0 bridgehead atoms.